The highest BCUT2D eigenvalue weighted by atomic mass is 32.2. The van der Waals surface area contributed by atoms with Crippen LogP contribution in [0.1, 0.15) is 51.0 Å². The van der Waals surface area contributed by atoms with Gasteiger partial charge in [-0.15, -0.1) is 0 Å². The van der Waals surface area contributed by atoms with Crippen molar-refractivity contribution < 1.29 is 22.7 Å². The highest BCUT2D eigenvalue weighted by Crippen LogP contribution is 2.32. The summed E-state index contributed by atoms with van der Waals surface area (Å²) in [6.45, 7) is 2.85. The molecule has 1 heterocycles. The van der Waals surface area contributed by atoms with Crippen LogP contribution in [0.15, 0.2) is 29.2 Å². The van der Waals surface area contributed by atoms with Crippen LogP contribution in [0.5, 0.6) is 0 Å². The first-order chi connectivity index (χ1) is 13.9. The number of ether oxygens (including phenoxy) is 1. The SMILES string of the molecule is CC(NC(=O)COC(=O)CCc1ccc(S(=O)(=O)N2CCCCC2)cc1)C1CC1. The van der Waals surface area contributed by atoms with E-state index < -0.39 is 16.0 Å². The van der Waals surface area contributed by atoms with Gasteiger partial charge in [-0.2, -0.15) is 4.31 Å². The van der Waals surface area contributed by atoms with E-state index in [2.05, 4.69) is 5.32 Å². The normalized spacial score (nSPS) is 18.8. The predicted octanol–water partition coefficient (Wildman–Crippen LogP) is 2.25. The maximum absolute atomic E-state index is 12.6. The van der Waals surface area contributed by atoms with Crippen molar-refractivity contribution in [3.05, 3.63) is 29.8 Å². The molecule has 1 aromatic carbocycles. The van der Waals surface area contributed by atoms with Crippen LogP contribution in [0.3, 0.4) is 0 Å². The molecule has 2 aliphatic rings. The summed E-state index contributed by atoms with van der Waals surface area (Å²) in [4.78, 5) is 23.9. The van der Waals surface area contributed by atoms with E-state index in [1.807, 2.05) is 6.92 Å². The summed E-state index contributed by atoms with van der Waals surface area (Å²) in [7, 11) is -3.44. The first kappa shape index (κ1) is 21.8. The monoisotopic (exact) mass is 422 g/mol. The lowest BCUT2D eigenvalue weighted by Gasteiger charge is -2.25. The number of rotatable bonds is 9. The Morgan fingerprint density at radius 3 is 2.41 bits per heavy atom. The number of nitrogens with one attached hydrogen (secondary N) is 1. The fraction of sp³-hybridized carbons (Fsp3) is 0.619. The Hall–Kier alpha value is -1.93. The summed E-state index contributed by atoms with van der Waals surface area (Å²) < 4.78 is 31.9. The number of carbonyl (C=O) groups is 2. The standard InChI is InChI=1S/C21H30N2O5S/c1-16(18-8-9-18)22-20(24)15-28-21(25)12-7-17-5-10-19(11-6-17)29(26,27)23-13-3-2-4-14-23/h5-6,10-11,16,18H,2-4,7-9,12-15H2,1H3,(H,22,24). The third-order valence-electron chi connectivity index (χ3n) is 5.58. The van der Waals surface area contributed by atoms with Crippen molar-refractivity contribution >= 4 is 21.9 Å². The molecule has 160 valence electrons. The summed E-state index contributed by atoms with van der Waals surface area (Å²) in [6, 6.07) is 6.78. The smallest absolute Gasteiger partial charge is 0.306 e. The molecule has 1 aromatic rings. The van der Waals surface area contributed by atoms with Gasteiger partial charge in [0.15, 0.2) is 6.61 Å². The van der Waals surface area contributed by atoms with Crippen LogP contribution in [0.25, 0.3) is 0 Å². The Bertz CT molecular complexity index is 812. The van der Waals surface area contributed by atoms with E-state index in [0.717, 1.165) is 37.7 Å². The second-order valence-corrected chi connectivity index (χ2v) is 9.90. The first-order valence-corrected chi connectivity index (χ1v) is 11.8. The molecule has 1 aliphatic heterocycles. The number of piperidine rings is 1. The average Bonchev–Trinajstić information content (AvgIpc) is 3.57. The highest BCUT2D eigenvalue weighted by molar-refractivity contribution is 7.89. The maximum atomic E-state index is 12.6. The number of carbonyl (C=O) groups excluding carboxylic acids is 2. The van der Waals surface area contributed by atoms with Gasteiger partial charge in [0.25, 0.3) is 5.91 Å². The molecule has 1 aliphatic carbocycles. The molecule has 2 fully saturated rings. The van der Waals surface area contributed by atoms with Crippen molar-refractivity contribution in [2.45, 2.75) is 62.8 Å². The lowest BCUT2D eigenvalue weighted by Crippen LogP contribution is -2.37. The van der Waals surface area contributed by atoms with Crippen molar-refractivity contribution in [1.82, 2.24) is 9.62 Å². The minimum Gasteiger partial charge on any atom is -0.456 e. The molecular formula is C21H30N2O5S. The van der Waals surface area contributed by atoms with Gasteiger partial charge < -0.3 is 10.1 Å². The fourth-order valence-corrected chi connectivity index (χ4v) is 5.07. The Labute approximate surface area is 172 Å². The van der Waals surface area contributed by atoms with Gasteiger partial charge in [0.2, 0.25) is 10.0 Å². The van der Waals surface area contributed by atoms with E-state index in [1.165, 1.54) is 4.31 Å². The van der Waals surface area contributed by atoms with Crippen molar-refractivity contribution in [2.75, 3.05) is 19.7 Å². The molecule has 1 atom stereocenters. The zero-order chi connectivity index (χ0) is 20.9. The molecule has 0 aromatic heterocycles. The fourth-order valence-electron chi connectivity index (χ4n) is 3.56. The summed E-state index contributed by atoms with van der Waals surface area (Å²) in [6.07, 6.45) is 5.72. The van der Waals surface area contributed by atoms with Gasteiger partial charge in [-0.25, -0.2) is 8.42 Å². The van der Waals surface area contributed by atoms with E-state index >= 15 is 0 Å². The molecule has 1 saturated carbocycles. The van der Waals surface area contributed by atoms with Gasteiger partial charge >= 0.3 is 5.97 Å². The number of sulfonamides is 1. The van der Waals surface area contributed by atoms with Gasteiger partial charge in [0, 0.05) is 25.6 Å². The van der Waals surface area contributed by atoms with Gasteiger partial charge in [-0.3, -0.25) is 9.59 Å². The molecule has 1 unspecified atom stereocenters. The number of aryl methyl sites for hydroxylation is 1. The molecule has 0 bridgehead atoms. The molecule has 8 heteroatoms. The third kappa shape index (κ3) is 6.27. The van der Waals surface area contributed by atoms with Crippen LogP contribution in [-0.4, -0.2) is 50.3 Å². The van der Waals surface area contributed by atoms with E-state index in [0.29, 0.717) is 25.4 Å². The number of esters is 1. The lowest BCUT2D eigenvalue weighted by molar-refractivity contribution is -0.148. The van der Waals surface area contributed by atoms with Crippen molar-refractivity contribution in [1.29, 1.82) is 0 Å². The van der Waals surface area contributed by atoms with E-state index in [1.54, 1.807) is 24.3 Å². The Morgan fingerprint density at radius 1 is 1.14 bits per heavy atom. The topological polar surface area (TPSA) is 92.8 Å². The molecule has 1 saturated heterocycles. The van der Waals surface area contributed by atoms with Crippen molar-refractivity contribution in [3.8, 4) is 0 Å². The minimum absolute atomic E-state index is 0.126. The van der Waals surface area contributed by atoms with Crippen LogP contribution in [0, 0.1) is 5.92 Å². The lowest BCUT2D eigenvalue weighted by atomic mass is 10.1. The summed E-state index contributed by atoms with van der Waals surface area (Å²) >= 11 is 0. The van der Waals surface area contributed by atoms with Crippen LogP contribution in [0.4, 0.5) is 0 Å². The number of amides is 1. The largest absolute Gasteiger partial charge is 0.456 e. The number of benzene rings is 1. The average molecular weight is 423 g/mol. The second-order valence-electron chi connectivity index (χ2n) is 7.96. The van der Waals surface area contributed by atoms with Crippen molar-refractivity contribution in [2.24, 2.45) is 5.92 Å². The van der Waals surface area contributed by atoms with Gasteiger partial charge in [-0.05, 0) is 62.6 Å². The highest BCUT2D eigenvalue weighted by Gasteiger charge is 2.29. The second kappa shape index (κ2) is 9.71. The molecule has 0 spiro atoms. The molecule has 1 N–H and O–H groups in total. The van der Waals surface area contributed by atoms with Gasteiger partial charge in [-0.1, -0.05) is 18.6 Å². The molecule has 7 nitrogen and oxygen atoms in total. The molecule has 3 rings (SSSR count). The van der Waals surface area contributed by atoms with Gasteiger partial charge in [0.1, 0.15) is 0 Å². The van der Waals surface area contributed by atoms with E-state index in [4.69, 9.17) is 4.74 Å². The summed E-state index contributed by atoms with van der Waals surface area (Å²) in [5.74, 6) is -0.161. The molecule has 0 radical (unpaired) electrons. The number of hydrogen-bond donors (Lipinski definition) is 1. The molecule has 29 heavy (non-hydrogen) atoms. The maximum Gasteiger partial charge on any atom is 0.306 e. The minimum atomic E-state index is -3.44. The summed E-state index contributed by atoms with van der Waals surface area (Å²) in [5, 5.41) is 2.84. The quantitative estimate of drug-likeness (QED) is 0.616. The molecule has 1 amide bonds. The summed E-state index contributed by atoms with van der Waals surface area (Å²) in [5.41, 5.74) is 0.853. The Kier molecular flexibility index (Phi) is 7.29. The Balaban J connectivity index is 1.42. The van der Waals surface area contributed by atoms with Crippen LogP contribution >= 0.6 is 0 Å². The van der Waals surface area contributed by atoms with Crippen LogP contribution < -0.4 is 5.32 Å². The van der Waals surface area contributed by atoms with Gasteiger partial charge in [0.05, 0.1) is 4.90 Å². The van der Waals surface area contributed by atoms with Crippen LogP contribution in [0.2, 0.25) is 0 Å². The number of nitrogens with zero attached hydrogens (tertiary/aromatic N) is 1. The third-order valence-corrected chi connectivity index (χ3v) is 7.49. The van der Waals surface area contributed by atoms with E-state index in [9.17, 15) is 18.0 Å². The van der Waals surface area contributed by atoms with E-state index in [-0.39, 0.29) is 29.9 Å². The van der Waals surface area contributed by atoms with Crippen LogP contribution in [-0.2, 0) is 30.8 Å². The predicted molar refractivity (Wildman–Crippen MR) is 109 cm³/mol. The Morgan fingerprint density at radius 2 is 1.79 bits per heavy atom. The van der Waals surface area contributed by atoms with Crippen molar-refractivity contribution in [3.63, 3.8) is 0 Å². The zero-order valence-corrected chi connectivity index (χ0v) is 17.7. The zero-order valence-electron chi connectivity index (χ0n) is 16.9. The first-order valence-electron chi connectivity index (χ1n) is 10.4. The molecular weight excluding hydrogens is 392 g/mol. The number of hydrogen-bond acceptors (Lipinski definition) is 5.